The Balaban J connectivity index is 0. The van der Waals surface area contributed by atoms with Crippen molar-refractivity contribution >= 4 is 0 Å². The van der Waals surface area contributed by atoms with E-state index in [1.807, 2.05) is 0 Å². The number of aliphatic hydroxyl groups is 1. The van der Waals surface area contributed by atoms with Crippen LogP contribution in [0.2, 0.25) is 0 Å². The predicted molar refractivity (Wildman–Crippen MR) is 26.6 cm³/mol. The molecular weight excluding hydrogens is 149 g/mol. The van der Waals surface area contributed by atoms with Crippen molar-refractivity contribution in [3.8, 4) is 0 Å². The molecule has 0 saturated heterocycles. The molecule has 0 aliphatic heterocycles. The SMILES string of the molecule is C[C-](C)[OH+][NH+](C)[O-].[Mn]. The van der Waals surface area contributed by atoms with E-state index in [2.05, 4.69) is 4.84 Å². The largest absolute Gasteiger partial charge is 0.571 e. The summed E-state index contributed by atoms with van der Waals surface area (Å²) in [5.74, 6) is 0. The average molecular weight is 160 g/mol. The number of quaternary nitrogens is 1. The summed E-state index contributed by atoms with van der Waals surface area (Å²) in [5.41, 5.74) is 0. The first kappa shape index (κ1) is 11.2. The van der Waals surface area contributed by atoms with E-state index in [4.69, 9.17) is 0 Å². The van der Waals surface area contributed by atoms with Crippen LogP contribution in [0.25, 0.3) is 0 Å². The molecule has 0 aromatic heterocycles. The number of rotatable bonds is 2. The normalized spacial score (nSPS) is 13.1. The smallest absolute Gasteiger partial charge is 0.123 e. The predicted octanol–water partition coefficient (Wildman–Crippen LogP) is -0.507. The van der Waals surface area contributed by atoms with Gasteiger partial charge in [0.15, 0.2) is 0 Å². The summed E-state index contributed by atoms with van der Waals surface area (Å²) in [6, 6.07) is 0. The number of hydrogen-bond donors (Lipinski definition) is 1. The Labute approximate surface area is 60.0 Å². The number of nitrogens with one attached hydrogen (secondary N) is 1. The summed E-state index contributed by atoms with van der Waals surface area (Å²) in [5, 5.41) is 9.94. The molecule has 51 valence electrons. The number of hydrogen-bond acceptors (Lipinski definition) is 1. The molecule has 4 heteroatoms. The van der Waals surface area contributed by atoms with Gasteiger partial charge in [0, 0.05) is 23.2 Å². The van der Waals surface area contributed by atoms with Crippen LogP contribution in [0, 0.1) is 11.3 Å². The molecule has 0 aromatic carbocycles. The molecule has 2 N–H and O–H groups in total. The molecule has 0 bridgehead atoms. The van der Waals surface area contributed by atoms with Crippen LogP contribution in [-0.4, -0.2) is 11.9 Å². The fourth-order valence-corrected chi connectivity index (χ4v) is 0.315. The zero-order valence-electron chi connectivity index (χ0n) is 5.23. The van der Waals surface area contributed by atoms with E-state index >= 15 is 0 Å². The molecule has 0 amide bonds. The fourth-order valence-electron chi connectivity index (χ4n) is 0.315. The minimum absolute atomic E-state index is 0. The van der Waals surface area contributed by atoms with Crippen LogP contribution >= 0.6 is 0 Å². The van der Waals surface area contributed by atoms with Crippen molar-refractivity contribution in [2.45, 2.75) is 13.8 Å². The fraction of sp³-hybridized carbons (Fsp3) is 0.750. The summed E-state index contributed by atoms with van der Waals surface area (Å²) in [6.45, 7) is 3.59. The van der Waals surface area contributed by atoms with Crippen LogP contribution in [0.15, 0.2) is 0 Å². The molecule has 0 aliphatic rings. The molecule has 8 heavy (non-hydrogen) atoms. The summed E-state index contributed by atoms with van der Waals surface area (Å²) in [4.78, 5) is 3.56. The molecule has 0 spiro atoms. The molecule has 0 aliphatic carbocycles. The van der Waals surface area contributed by atoms with Crippen LogP contribution in [-0.2, 0) is 17.1 Å². The van der Waals surface area contributed by atoms with Crippen LogP contribution < -0.4 is 5.23 Å². The third-order valence-corrected chi connectivity index (χ3v) is 0.381. The summed E-state index contributed by atoms with van der Waals surface area (Å²) < 4.78 is 0. The monoisotopic (exact) mass is 160 g/mol. The van der Waals surface area contributed by atoms with Crippen molar-refractivity contribution in [1.29, 1.82) is 0 Å². The van der Waals surface area contributed by atoms with E-state index in [0.29, 0.717) is 0 Å². The maximum absolute atomic E-state index is 10.1. The van der Waals surface area contributed by atoms with Gasteiger partial charge in [-0.1, -0.05) is 0 Å². The molecule has 0 saturated carbocycles. The van der Waals surface area contributed by atoms with E-state index in [1.54, 1.807) is 13.8 Å². The third-order valence-electron chi connectivity index (χ3n) is 0.381. The summed E-state index contributed by atoms with van der Waals surface area (Å²) in [6.07, 6.45) is 0.813. The Bertz CT molecular complexity index is 43.3. The third kappa shape index (κ3) is 9.64. The molecular formula is C4H11MnNO2. The molecule has 0 fully saturated rings. The molecule has 1 unspecified atom stereocenters. The van der Waals surface area contributed by atoms with Crippen LogP contribution in [0.4, 0.5) is 0 Å². The van der Waals surface area contributed by atoms with Gasteiger partial charge in [0.1, 0.15) is 7.05 Å². The van der Waals surface area contributed by atoms with Gasteiger partial charge in [-0.15, -0.1) is 13.8 Å². The molecule has 0 aromatic rings. The number of hydroxylamine groups is 2. The van der Waals surface area contributed by atoms with Crippen LogP contribution in [0.1, 0.15) is 13.8 Å². The molecule has 3 nitrogen and oxygen atoms in total. The summed E-state index contributed by atoms with van der Waals surface area (Å²) >= 11 is 0. The minimum Gasteiger partial charge on any atom is -0.571 e. The van der Waals surface area contributed by atoms with Crippen LogP contribution in [0.5, 0.6) is 0 Å². The first-order valence-electron chi connectivity index (χ1n) is 2.15. The maximum Gasteiger partial charge on any atom is 0.123 e. The van der Waals surface area contributed by atoms with Gasteiger partial charge in [0.2, 0.25) is 0 Å². The van der Waals surface area contributed by atoms with Gasteiger partial charge in [0.25, 0.3) is 0 Å². The maximum atomic E-state index is 10.1. The molecule has 1 atom stereocenters. The van der Waals surface area contributed by atoms with E-state index in [9.17, 15) is 5.21 Å². The molecule has 1 radical (unpaired) electrons. The van der Waals surface area contributed by atoms with E-state index < -0.39 is 0 Å². The second kappa shape index (κ2) is 5.53. The zero-order chi connectivity index (χ0) is 5.86. The Morgan fingerprint density at radius 1 is 1.50 bits per heavy atom. The van der Waals surface area contributed by atoms with Gasteiger partial charge in [-0.3, -0.25) is 0 Å². The van der Waals surface area contributed by atoms with Gasteiger partial charge < -0.3 is 10.0 Å². The van der Waals surface area contributed by atoms with Gasteiger partial charge in [-0.2, -0.15) is 5.23 Å². The van der Waals surface area contributed by atoms with Crippen molar-refractivity contribution in [2.24, 2.45) is 0 Å². The van der Waals surface area contributed by atoms with Gasteiger partial charge in [-0.05, 0) is 0 Å². The van der Waals surface area contributed by atoms with Crippen molar-refractivity contribution in [3.05, 3.63) is 11.3 Å². The Hall–Kier alpha value is 0.399. The summed E-state index contributed by atoms with van der Waals surface area (Å²) in [7, 11) is 1.44. The Kier molecular flexibility index (Phi) is 7.77. The topological polar surface area (TPSA) is 40.3 Å². The van der Waals surface area contributed by atoms with Crippen LogP contribution in [0.3, 0.4) is 0 Å². The van der Waals surface area contributed by atoms with E-state index in [-0.39, 0.29) is 22.3 Å². The first-order valence-corrected chi connectivity index (χ1v) is 2.15. The van der Waals surface area contributed by atoms with Crippen molar-refractivity contribution in [2.75, 3.05) is 7.05 Å². The van der Waals surface area contributed by atoms with E-state index in [0.717, 1.165) is 6.10 Å². The standard InChI is InChI=1S/C4H11NO2.Mn/c1-4(2)7-5(3)6;/h5,7H,1-3H3;. The second-order valence-corrected chi connectivity index (χ2v) is 1.58. The zero-order valence-corrected chi connectivity index (χ0v) is 6.41. The minimum atomic E-state index is -0.125. The molecule has 0 heterocycles. The first-order chi connectivity index (χ1) is 3.13. The van der Waals surface area contributed by atoms with Crippen molar-refractivity contribution in [3.63, 3.8) is 0 Å². The Morgan fingerprint density at radius 3 is 1.88 bits per heavy atom. The average Bonchev–Trinajstić information content (AvgIpc) is 1.27. The van der Waals surface area contributed by atoms with Gasteiger partial charge in [0.05, 0.1) is 0 Å². The van der Waals surface area contributed by atoms with Gasteiger partial charge in [-0.25, -0.2) is 0 Å². The van der Waals surface area contributed by atoms with E-state index in [1.165, 1.54) is 7.05 Å². The second-order valence-electron chi connectivity index (χ2n) is 1.58. The van der Waals surface area contributed by atoms with Gasteiger partial charge >= 0.3 is 0 Å². The van der Waals surface area contributed by atoms with Crippen molar-refractivity contribution < 1.29 is 27.1 Å². The van der Waals surface area contributed by atoms with Crippen molar-refractivity contribution in [1.82, 2.24) is 0 Å². The molecule has 0 rings (SSSR count). The quantitative estimate of drug-likeness (QED) is 0.251. The Morgan fingerprint density at radius 2 is 1.88 bits per heavy atom.